The van der Waals surface area contributed by atoms with Gasteiger partial charge in [-0.1, -0.05) is 0 Å². The summed E-state index contributed by atoms with van der Waals surface area (Å²) in [5, 5.41) is 2.64. The average Bonchev–Trinajstić information content (AvgIpc) is 1.89. The van der Waals surface area contributed by atoms with E-state index >= 15 is 0 Å². The second-order valence-corrected chi connectivity index (χ2v) is 1.95. The van der Waals surface area contributed by atoms with Crippen LogP contribution in [-0.2, 0) is 4.74 Å². The van der Waals surface area contributed by atoms with Crippen LogP contribution in [-0.4, -0.2) is 38.4 Å². The van der Waals surface area contributed by atoms with E-state index in [1.54, 1.807) is 14.2 Å². The van der Waals surface area contributed by atoms with E-state index in [0.717, 1.165) is 0 Å². The van der Waals surface area contributed by atoms with Crippen molar-refractivity contribution in [3.63, 3.8) is 0 Å². The van der Waals surface area contributed by atoms with E-state index in [4.69, 9.17) is 4.74 Å². The first kappa shape index (κ1) is 9.23. The molecule has 0 aromatic carbocycles. The van der Waals surface area contributed by atoms with E-state index < -0.39 is 0 Å². The first-order valence-electron chi connectivity index (χ1n) is 3.20. The SMILES string of the molecule is CCNC(=O)N(C)COC. The largest absolute Gasteiger partial charge is 0.364 e. The van der Waals surface area contributed by atoms with Gasteiger partial charge in [0.05, 0.1) is 0 Å². The molecule has 60 valence electrons. The Morgan fingerprint density at radius 1 is 1.70 bits per heavy atom. The van der Waals surface area contributed by atoms with Crippen molar-refractivity contribution in [1.29, 1.82) is 0 Å². The van der Waals surface area contributed by atoms with Gasteiger partial charge in [0.25, 0.3) is 0 Å². The summed E-state index contributed by atoms with van der Waals surface area (Å²) < 4.78 is 4.74. The Balaban J connectivity index is 3.49. The molecule has 0 bridgehead atoms. The van der Waals surface area contributed by atoms with Crippen LogP contribution < -0.4 is 5.32 Å². The highest BCUT2D eigenvalue weighted by atomic mass is 16.5. The molecule has 2 amide bonds. The van der Waals surface area contributed by atoms with Crippen molar-refractivity contribution in [3.05, 3.63) is 0 Å². The molecule has 0 radical (unpaired) electrons. The summed E-state index contributed by atoms with van der Waals surface area (Å²) in [6, 6.07) is -0.107. The molecule has 0 aliphatic heterocycles. The van der Waals surface area contributed by atoms with Crippen LogP contribution in [0.4, 0.5) is 4.79 Å². The van der Waals surface area contributed by atoms with Crippen molar-refractivity contribution in [2.24, 2.45) is 0 Å². The molecule has 10 heavy (non-hydrogen) atoms. The summed E-state index contributed by atoms with van der Waals surface area (Å²) in [7, 11) is 3.23. The number of nitrogens with one attached hydrogen (secondary N) is 1. The normalized spacial score (nSPS) is 9.10. The minimum absolute atomic E-state index is 0.107. The zero-order valence-electron chi connectivity index (χ0n) is 6.68. The fourth-order valence-corrected chi connectivity index (χ4v) is 0.538. The Morgan fingerprint density at radius 2 is 2.30 bits per heavy atom. The standard InChI is InChI=1S/C6H14N2O2/c1-4-7-6(9)8(2)5-10-3/h4-5H2,1-3H3,(H,7,9). The van der Waals surface area contributed by atoms with Gasteiger partial charge in [0.1, 0.15) is 6.73 Å². The van der Waals surface area contributed by atoms with Gasteiger partial charge < -0.3 is 15.0 Å². The van der Waals surface area contributed by atoms with Crippen molar-refractivity contribution in [3.8, 4) is 0 Å². The maximum absolute atomic E-state index is 10.9. The lowest BCUT2D eigenvalue weighted by Crippen LogP contribution is -2.37. The minimum Gasteiger partial charge on any atom is -0.364 e. The van der Waals surface area contributed by atoms with E-state index in [9.17, 15) is 4.79 Å². The topological polar surface area (TPSA) is 41.6 Å². The molecular weight excluding hydrogens is 132 g/mol. The molecule has 0 saturated heterocycles. The molecule has 0 spiro atoms. The molecule has 0 heterocycles. The van der Waals surface area contributed by atoms with Crippen molar-refractivity contribution < 1.29 is 9.53 Å². The minimum atomic E-state index is -0.107. The highest BCUT2D eigenvalue weighted by Crippen LogP contribution is 1.82. The molecule has 0 aliphatic rings. The number of methoxy groups -OCH3 is 1. The highest BCUT2D eigenvalue weighted by molar-refractivity contribution is 5.73. The predicted octanol–water partition coefficient (Wildman–Crippen LogP) is 0.252. The fourth-order valence-electron chi connectivity index (χ4n) is 0.538. The highest BCUT2D eigenvalue weighted by Gasteiger charge is 2.03. The third-order valence-electron chi connectivity index (χ3n) is 0.997. The lowest BCUT2D eigenvalue weighted by atomic mass is 10.7. The van der Waals surface area contributed by atoms with E-state index in [1.807, 2.05) is 6.92 Å². The maximum Gasteiger partial charge on any atom is 0.318 e. The number of amides is 2. The monoisotopic (exact) mass is 146 g/mol. The van der Waals surface area contributed by atoms with E-state index in [0.29, 0.717) is 13.3 Å². The third kappa shape index (κ3) is 3.29. The van der Waals surface area contributed by atoms with Gasteiger partial charge in [0.15, 0.2) is 0 Å². The summed E-state index contributed by atoms with van der Waals surface area (Å²) in [6.45, 7) is 2.84. The molecule has 0 saturated carbocycles. The van der Waals surface area contributed by atoms with Crippen LogP contribution in [0.25, 0.3) is 0 Å². The van der Waals surface area contributed by atoms with Crippen LogP contribution in [0.3, 0.4) is 0 Å². The van der Waals surface area contributed by atoms with Gasteiger partial charge in [-0.3, -0.25) is 0 Å². The zero-order chi connectivity index (χ0) is 7.98. The van der Waals surface area contributed by atoms with E-state index in [1.165, 1.54) is 4.90 Å². The molecule has 0 fully saturated rings. The number of hydrogen-bond acceptors (Lipinski definition) is 2. The second-order valence-electron chi connectivity index (χ2n) is 1.95. The quantitative estimate of drug-likeness (QED) is 0.580. The molecule has 4 heteroatoms. The Bertz CT molecular complexity index is 106. The summed E-state index contributed by atoms with van der Waals surface area (Å²) in [6.07, 6.45) is 0. The van der Waals surface area contributed by atoms with Crippen molar-refractivity contribution in [2.45, 2.75) is 6.92 Å². The van der Waals surface area contributed by atoms with Crippen LogP contribution in [0.1, 0.15) is 6.92 Å². The molecule has 0 unspecified atom stereocenters. The maximum atomic E-state index is 10.9. The van der Waals surface area contributed by atoms with E-state index in [-0.39, 0.29) is 6.03 Å². The lowest BCUT2D eigenvalue weighted by molar-refractivity contribution is 0.0977. The van der Waals surface area contributed by atoms with Gasteiger partial charge in [0, 0.05) is 20.7 Å². The van der Waals surface area contributed by atoms with Gasteiger partial charge in [-0.2, -0.15) is 0 Å². The summed E-state index contributed by atoms with van der Waals surface area (Å²) in [5.74, 6) is 0. The molecular formula is C6H14N2O2. The summed E-state index contributed by atoms with van der Waals surface area (Å²) >= 11 is 0. The van der Waals surface area contributed by atoms with Crippen LogP contribution >= 0.6 is 0 Å². The number of carbonyl (C=O) groups excluding carboxylic acids is 1. The van der Waals surface area contributed by atoms with Gasteiger partial charge in [0.2, 0.25) is 0 Å². The number of carbonyl (C=O) groups is 1. The molecule has 0 aromatic heterocycles. The van der Waals surface area contributed by atoms with Crippen molar-refractivity contribution in [1.82, 2.24) is 10.2 Å². The number of ether oxygens (including phenoxy) is 1. The third-order valence-corrected chi connectivity index (χ3v) is 0.997. The number of rotatable bonds is 3. The Morgan fingerprint density at radius 3 is 2.70 bits per heavy atom. The Hall–Kier alpha value is -0.770. The fraction of sp³-hybridized carbons (Fsp3) is 0.833. The molecule has 0 aromatic rings. The second kappa shape index (κ2) is 5.05. The molecule has 1 N–H and O–H groups in total. The molecule has 0 aliphatic carbocycles. The van der Waals surface area contributed by atoms with Crippen LogP contribution in [0.2, 0.25) is 0 Å². The Kier molecular flexibility index (Phi) is 4.66. The lowest BCUT2D eigenvalue weighted by Gasteiger charge is -2.15. The van der Waals surface area contributed by atoms with Crippen LogP contribution in [0.5, 0.6) is 0 Å². The smallest absolute Gasteiger partial charge is 0.318 e. The zero-order valence-corrected chi connectivity index (χ0v) is 6.68. The number of urea groups is 1. The summed E-state index contributed by atoms with van der Waals surface area (Å²) in [4.78, 5) is 12.3. The van der Waals surface area contributed by atoms with Crippen molar-refractivity contribution in [2.75, 3.05) is 27.4 Å². The Labute approximate surface area is 61.1 Å². The number of nitrogens with zero attached hydrogens (tertiary/aromatic N) is 1. The van der Waals surface area contributed by atoms with Crippen LogP contribution in [0.15, 0.2) is 0 Å². The first-order chi connectivity index (χ1) is 4.72. The van der Waals surface area contributed by atoms with Gasteiger partial charge >= 0.3 is 6.03 Å². The molecule has 4 nitrogen and oxygen atoms in total. The van der Waals surface area contributed by atoms with Gasteiger partial charge in [-0.15, -0.1) is 0 Å². The van der Waals surface area contributed by atoms with Gasteiger partial charge in [-0.05, 0) is 6.92 Å². The van der Waals surface area contributed by atoms with Crippen LogP contribution in [0, 0.1) is 0 Å². The van der Waals surface area contributed by atoms with E-state index in [2.05, 4.69) is 5.32 Å². The first-order valence-corrected chi connectivity index (χ1v) is 3.20. The van der Waals surface area contributed by atoms with Gasteiger partial charge in [-0.25, -0.2) is 4.79 Å². The summed E-state index contributed by atoms with van der Waals surface area (Å²) in [5.41, 5.74) is 0. The molecule has 0 rings (SSSR count). The number of hydrogen-bond donors (Lipinski definition) is 1. The van der Waals surface area contributed by atoms with Crippen molar-refractivity contribution >= 4 is 6.03 Å². The molecule has 0 atom stereocenters. The predicted molar refractivity (Wildman–Crippen MR) is 38.7 cm³/mol. The average molecular weight is 146 g/mol.